The Hall–Kier alpha value is -0.970. The summed E-state index contributed by atoms with van der Waals surface area (Å²) in [6.45, 7) is 6.13. The van der Waals surface area contributed by atoms with Gasteiger partial charge in [-0.1, -0.05) is 26.0 Å². The zero-order chi connectivity index (χ0) is 11.6. The molecule has 0 saturated carbocycles. The molecule has 0 aliphatic rings. The van der Waals surface area contributed by atoms with Gasteiger partial charge in [-0.15, -0.1) is 0 Å². The third kappa shape index (κ3) is 7.02. The van der Waals surface area contributed by atoms with Crippen LogP contribution in [0.15, 0.2) is 18.2 Å². The van der Waals surface area contributed by atoms with Gasteiger partial charge in [0.05, 0.1) is 0 Å². The predicted octanol–water partition coefficient (Wildman–Crippen LogP) is 1.40. The monoisotopic (exact) mass is 219 g/mol. The van der Waals surface area contributed by atoms with E-state index in [4.69, 9.17) is 10.8 Å². The molecule has 1 rings (SSSR count). The Morgan fingerprint density at radius 1 is 1.27 bits per heavy atom. The summed E-state index contributed by atoms with van der Waals surface area (Å²) in [5.74, 6) is -0.206. The van der Waals surface area contributed by atoms with Crippen molar-refractivity contribution in [3.05, 3.63) is 35.1 Å². The summed E-state index contributed by atoms with van der Waals surface area (Å²) >= 11 is 0. The van der Waals surface area contributed by atoms with E-state index in [2.05, 4.69) is 0 Å². The smallest absolute Gasteiger partial charge is 0.127 e. The van der Waals surface area contributed by atoms with E-state index in [0.717, 1.165) is 12.7 Å². The van der Waals surface area contributed by atoms with Crippen molar-refractivity contribution < 1.29 is 15.0 Å². The van der Waals surface area contributed by atoms with Crippen molar-refractivity contribution >= 4 is 0 Å². The van der Waals surface area contributed by atoms with Crippen molar-refractivity contribution in [1.82, 2.24) is 0 Å². The minimum absolute atomic E-state index is 0. The lowest BCUT2D eigenvalue weighted by Crippen LogP contribution is -2.01. The van der Waals surface area contributed by atoms with Gasteiger partial charge in [0.2, 0.25) is 0 Å². The zero-order valence-electron chi connectivity index (χ0n) is 9.84. The number of hydrogen-bond acceptors (Lipinski definition) is 2. The quantitative estimate of drug-likeness (QED) is 0.749. The lowest BCUT2D eigenvalue weighted by Gasteiger charge is -2.01. The molecule has 0 radical (unpaired) electrons. The number of benzene rings is 1. The van der Waals surface area contributed by atoms with Crippen LogP contribution >= 0.6 is 0 Å². The SMILES string of the molecule is CC.CO.Cc1cccc(F)c1CN.O. The highest BCUT2D eigenvalue weighted by Crippen LogP contribution is 2.10. The van der Waals surface area contributed by atoms with E-state index >= 15 is 0 Å². The maximum Gasteiger partial charge on any atom is 0.127 e. The number of hydrogen-bond donors (Lipinski definition) is 2. The fourth-order valence-corrected chi connectivity index (χ4v) is 0.925. The Morgan fingerprint density at radius 3 is 2.00 bits per heavy atom. The minimum atomic E-state index is -0.206. The molecule has 1 aromatic carbocycles. The van der Waals surface area contributed by atoms with Crippen molar-refractivity contribution in [2.45, 2.75) is 27.3 Å². The fourth-order valence-electron chi connectivity index (χ4n) is 0.925. The van der Waals surface area contributed by atoms with Gasteiger partial charge in [0, 0.05) is 19.2 Å². The molecule has 0 atom stereocenters. The van der Waals surface area contributed by atoms with Gasteiger partial charge in [-0.2, -0.15) is 0 Å². The first-order chi connectivity index (χ1) is 6.75. The van der Waals surface area contributed by atoms with Gasteiger partial charge in [0.1, 0.15) is 5.82 Å². The van der Waals surface area contributed by atoms with Gasteiger partial charge in [-0.05, 0) is 18.6 Å². The number of aryl methyl sites for hydroxylation is 1. The number of nitrogens with two attached hydrogens (primary N) is 1. The summed E-state index contributed by atoms with van der Waals surface area (Å²) in [6.07, 6.45) is 0. The summed E-state index contributed by atoms with van der Waals surface area (Å²) in [4.78, 5) is 0. The summed E-state index contributed by atoms with van der Waals surface area (Å²) < 4.78 is 12.8. The molecule has 0 aliphatic heterocycles. The first-order valence-corrected chi connectivity index (χ1v) is 4.64. The topological polar surface area (TPSA) is 77.8 Å². The average Bonchev–Trinajstić information content (AvgIpc) is 2.24. The van der Waals surface area contributed by atoms with Crippen LogP contribution in [0.5, 0.6) is 0 Å². The fraction of sp³-hybridized carbons (Fsp3) is 0.455. The summed E-state index contributed by atoms with van der Waals surface area (Å²) in [5.41, 5.74) is 6.84. The van der Waals surface area contributed by atoms with Gasteiger partial charge < -0.3 is 16.3 Å². The number of aliphatic hydroxyl groups is 1. The lowest BCUT2D eigenvalue weighted by molar-refractivity contribution is 0.399. The number of rotatable bonds is 1. The second-order valence-corrected chi connectivity index (χ2v) is 2.24. The van der Waals surface area contributed by atoms with Crippen LogP contribution in [0, 0.1) is 12.7 Å². The molecule has 15 heavy (non-hydrogen) atoms. The molecule has 0 saturated heterocycles. The average molecular weight is 219 g/mol. The van der Waals surface area contributed by atoms with Crippen molar-refractivity contribution in [2.24, 2.45) is 5.73 Å². The molecule has 0 aliphatic carbocycles. The normalized spacial score (nSPS) is 7.40. The zero-order valence-corrected chi connectivity index (χ0v) is 9.84. The molecule has 90 valence electrons. The molecule has 0 aromatic heterocycles. The maximum absolute atomic E-state index is 12.8. The van der Waals surface area contributed by atoms with Gasteiger partial charge in [0.15, 0.2) is 0 Å². The Bertz CT molecular complexity index is 222. The molecule has 0 spiro atoms. The minimum Gasteiger partial charge on any atom is -0.412 e. The lowest BCUT2D eigenvalue weighted by atomic mass is 10.1. The molecular formula is C11H22FNO2. The van der Waals surface area contributed by atoms with Crippen molar-refractivity contribution in [3.8, 4) is 0 Å². The van der Waals surface area contributed by atoms with E-state index in [-0.39, 0.29) is 17.8 Å². The first-order valence-electron chi connectivity index (χ1n) is 4.64. The molecule has 0 fully saturated rings. The van der Waals surface area contributed by atoms with Crippen molar-refractivity contribution in [1.29, 1.82) is 0 Å². The Morgan fingerprint density at radius 2 is 1.73 bits per heavy atom. The van der Waals surface area contributed by atoms with E-state index in [0.29, 0.717) is 5.56 Å². The van der Waals surface area contributed by atoms with Gasteiger partial charge in [0.25, 0.3) is 0 Å². The van der Waals surface area contributed by atoms with E-state index in [1.165, 1.54) is 6.07 Å². The second-order valence-electron chi connectivity index (χ2n) is 2.24. The van der Waals surface area contributed by atoms with Gasteiger partial charge in [-0.25, -0.2) is 4.39 Å². The molecule has 4 heteroatoms. The number of halogens is 1. The Kier molecular flexibility index (Phi) is 17.0. The van der Waals surface area contributed by atoms with Crippen LogP contribution in [-0.2, 0) is 6.54 Å². The molecular weight excluding hydrogens is 197 g/mol. The van der Waals surface area contributed by atoms with Crippen LogP contribution in [0.1, 0.15) is 25.0 Å². The van der Waals surface area contributed by atoms with Crippen LogP contribution in [0.3, 0.4) is 0 Å². The molecule has 5 N–H and O–H groups in total. The summed E-state index contributed by atoms with van der Waals surface area (Å²) in [6, 6.07) is 4.96. The second kappa shape index (κ2) is 13.0. The summed E-state index contributed by atoms with van der Waals surface area (Å²) in [5, 5.41) is 7.00. The van der Waals surface area contributed by atoms with Crippen LogP contribution in [0.2, 0.25) is 0 Å². The molecule has 0 bridgehead atoms. The van der Waals surface area contributed by atoms with E-state index in [1.807, 2.05) is 26.8 Å². The van der Waals surface area contributed by atoms with Gasteiger partial charge >= 0.3 is 0 Å². The number of aliphatic hydroxyl groups excluding tert-OH is 1. The first kappa shape index (κ1) is 19.6. The van der Waals surface area contributed by atoms with Crippen LogP contribution in [0.25, 0.3) is 0 Å². The van der Waals surface area contributed by atoms with Crippen molar-refractivity contribution in [3.63, 3.8) is 0 Å². The highest BCUT2D eigenvalue weighted by atomic mass is 19.1. The Labute approximate surface area is 91.0 Å². The predicted molar refractivity (Wildman–Crippen MR) is 62.1 cm³/mol. The van der Waals surface area contributed by atoms with Crippen molar-refractivity contribution in [2.75, 3.05) is 7.11 Å². The molecule has 3 nitrogen and oxygen atoms in total. The summed E-state index contributed by atoms with van der Waals surface area (Å²) in [7, 11) is 1.00. The highest BCUT2D eigenvalue weighted by Gasteiger charge is 2.00. The van der Waals surface area contributed by atoms with Gasteiger partial charge in [-0.3, -0.25) is 0 Å². The van der Waals surface area contributed by atoms with Crippen LogP contribution in [-0.4, -0.2) is 17.7 Å². The van der Waals surface area contributed by atoms with E-state index in [9.17, 15) is 4.39 Å². The largest absolute Gasteiger partial charge is 0.412 e. The molecule has 0 unspecified atom stereocenters. The third-order valence-corrected chi connectivity index (χ3v) is 1.56. The van der Waals surface area contributed by atoms with Crippen LogP contribution < -0.4 is 5.73 Å². The standard InChI is InChI=1S/C8H10FN.C2H6.CH4O.H2O/c1-6-3-2-4-8(9)7(6)5-10;2*1-2;/h2-4H,5,10H2,1H3;1-2H3;2H,1H3;1H2. The Balaban J connectivity index is -0.000000258. The highest BCUT2D eigenvalue weighted by molar-refractivity contribution is 5.26. The van der Waals surface area contributed by atoms with Crippen LogP contribution in [0.4, 0.5) is 4.39 Å². The maximum atomic E-state index is 12.8. The molecule has 0 amide bonds. The third-order valence-electron chi connectivity index (χ3n) is 1.56. The van der Waals surface area contributed by atoms with E-state index < -0.39 is 0 Å². The molecule has 0 heterocycles. The van der Waals surface area contributed by atoms with E-state index in [1.54, 1.807) is 6.07 Å². The molecule has 1 aromatic rings.